The number of carbonyl (C=O) groups excluding carboxylic acids is 1. The maximum absolute atomic E-state index is 13.2. The van der Waals surface area contributed by atoms with Crippen LogP contribution in [-0.2, 0) is 83.4 Å². The second kappa shape index (κ2) is 19.5. The van der Waals surface area contributed by atoms with Gasteiger partial charge < -0.3 is 47.5 Å². The van der Waals surface area contributed by atoms with E-state index >= 15 is 0 Å². The number of fused-ring (bicyclic) bond motifs is 2. The van der Waals surface area contributed by atoms with Crippen LogP contribution in [0.5, 0.6) is 34.5 Å². The summed E-state index contributed by atoms with van der Waals surface area (Å²) in [4.78, 5) is 24.6. The van der Waals surface area contributed by atoms with E-state index in [0.717, 1.165) is 16.7 Å². The first-order valence-electron chi connectivity index (χ1n) is 19.1. The van der Waals surface area contributed by atoms with Crippen LogP contribution in [0.25, 0.3) is 0 Å². The van der Waals surface area contributed by atoms with Crippen LogP contribution in [0.15, 0.2) is 84.9 Å². The largest absolute Gasteiger partial charge is 0.468 e. The van der Waals surface area contributed by atoms with Crippen LogP contribution in [0, 0.1) is 11.8 Å². The smallest absolute Gasteiger partial charge is 0.343 e. The minimum Gasteiger partial charge on any atom is -0.468 e. The summed E-state index contributed by atoms with van der Waals surface area (Å²) in [6, 6.07) is 25.6. The predicted octanol–water partition coefficient (Wildman–Crippen LogP) is 7.84. The zero-order valence-corrected chi connectivity index (χ0v) is 39.4. The standard InChI is InChI=1S/C45H48O12.2W/c1-43(2)26-45(55-40-17-36(13-15-38(40)43)54-42(46)33-7-11-35(12-8-33)52-29-50-24-32-21-48-22-32)27-44(3,4)39-16-14-37(18-41(39)56-45)57-53-25-30-5-9-34(10-6-30)51-28-49-23-31-19-47-20-31;;/h5-18H,19-29H2,1-4H3;;/q-2;;. The van der Waals surface area contributed by atoms with Crippen LogP contribution >= 0.6 is 0 Å². The van der Waals surface area contributed by atoms with Crippen molar-refractivity contribution in [1.82, 2.24) is 0 Å². The van der Waals surface area contributed by atoms with Crippen LogP contribution in [0.2, 0.25) is 0 Å². The van der Waals surface area contributed by atoms with Crippen LogP contribution in [0.3, 0.4) is 0 Å². The molecule has 0 amide bonds. The van der Waals surface area contributed by atoms with Gasteiger partial charge in [0.25, 0.3) is 5.79 Å². The van der Waals surface area contributed by atoms with Gasteiger partial charge in [0.1, 0.15) is 35.4 Å². The fourth-order valence-corrected chi connectivity index (χ4v) is 7.52. The number of esters is 1. The molecule has 0 radical (unpaired) electrons. The van der Waals surface area contributed by atoms with E-state index < -0.39 is 11.8 Å². The zero-order valence-electron chi connectivity index (χ0n) is 33.6. The Morgan fingerprint density at radius 3 is 1.61 bits per heavy atom. The van der Waals surface area contributed by atoms with Crippen molar-refractivity contribution in [3.63, 3.8) is 0 Å². The molecule has 4 aromatic rings. The molecule has 4 aromatic carbocycles. The number of hydrogen-bond donors (Lipinski definition) is 0. The number of hydrogen-bond acceptors (Lipinski definition) is 12. The molecule has 4 heterocycles. The quantitative estimate of drug-likeness (QED) is 0.0207. The molecule has 0 N–H and O–H groups in total. The summed E-state index contributed by atoms with van der Waals surface area (Å²) in [7, 11) is 0. The van der Waals surface area contributed by atoms with Crippen molar-refractivity contribution < 1.29 is 99.3 Å². The maximum Gasteiger partial charge on any atom is 0.343 e. The van der Waals surface area contributed by atoms with Crippen molar-refractivity contribution in [2.24, 2.45) is 0 Å². The van der Waals surface area contributed by atoms with Crippen LogP contribution in [0.4, 0.5) is 0 Å². The van der Waals surface area contributed by atoms with Gasteiger partial charge in [-0.3, -0.25) is 0 Å². The second-order valence-electron chi connectivity index (χ2n) is 16.2. The number of rotatable bonds is 16. The molecule has 0 saturated carbocycles. The van der Waals surface area contributed by atoms with Crippen LogP contribution < -0.4 is 28.6 Å². The summed E-state index contributed by atoms with van der Waals surface area (Å²) in [6.07, 6.45) is 1.20. The molecule has 14 heteroatoms. The Balaban J connectivity index is 0.00000293. The first-order valence-corrected chi connectivity index (χ1v) is 19.1. The summed E-state index contributed by atoms with van der Waals surface area (Å²) in [5, 5.41) is 0. The molecule has 1 atom stereocenters. The molecule has 0 aliphatic carbocycles. The summed E-state index contributed by atoms with van der Waals surface area (Å²) in [5.74, 6) is 4.38. The summed E-state index contributed by atoms with van der Waals surface area (Å²) < 4.78 is 52.0. The van der Waals surface area contributed by atoms with E-state index in [4.69, 9.17) is 52.4 Å². The third-order valence-corrected chi connectivity index (χ3v) is 10.4. The molecule has 2 fully saturated rings. The summed E-state index contributed by atoms with van der Waals surface area (Å²) in [6.45, 7) is 12.9. The first kappa shape index (κ1) is 45.1. The Hall–Kier alpha value is -3.47. The van der Waals surface area contributed by atoms with Crippen LogP contribution in [-0.4, -0.2) is 65.0 Å². The third kappa shape index (κ3) is 11.1. The van der Waals surface area contributed by atoms with E-state index in [-0.39, 0.29) is 73.2 Å². The fourth-order valence-electron chi connectivity index (χ4n) is 7.52. The molecule has 1 unspecified atom stereocenters. The molecule has 2 saturated heterocycles. The van der Waals surface area contributed by atoms with Crippen molar-refractivity contribution in [2.45, 2.75) is 63.8 Å². The average Bonchev–Trinajstić information content (AvgIpc) is 3.13. The van der Waals surface area contributed by atoms with E-state index in [0.29, 0.717) is 92.5 Å². The van der Waals surface area contributed by atoms with Gasteiger partial charge in [-0.15, -0.1) is 0 Å². The Bertz CT molecular complexity index is 2010. The summed E-state index contributed by atoms with van der Waals surface area (Å²) >= 11 is 0. The van der Waals surface area contributed by atoms with Crippen molar-refractivity contribution >= 4 is 5.97 Å². The van der Waals surface area contributed by atoms with Gasteiger partial charge in [0, 0.05) is 89.1 Å². The van der Waals surface area contributed by atoms with Crippen molar-refractivity contribution in [3.8, 4) is 34.5 Å². The molecule has 314 valence electrons. The molecule has 8 rings (SSSR count). The molecule has 4 aliphatic rings. The molecule has 12 nitrogen and oxygen atoms in total. The molecule has 0 bridgehead atoms. The van der Waals surface area contributed by atoms with Gasteiger partial charge in [-0.2, -0.15) is 4.89 Å². The number of benzene rings is 4. The van der Waals surface area contributed by atoms with Gasteiger partial charge in [-0.05, 0) is 54.1 Å². The minimum atomic E-state index is -0.988. The van der Waals surface area contributed by atoms with E-state index in [1.54, 1.807) is 36.4 Å². The van der Waals surface area contributed by atoms with Crippen molar-refractivity contribution in [3.05, 3.63) is 119 Å². The summed E-state index contributed by atoms with van der Waals surface area (Å²) in [5.41, 5.74) is 2.74. The van der Waals surface area contributed by atoms with Gasteiger partial charge >= 0.3 is 5.97 Å². The Kier molecular flexibility index (Phi) is 14.9. The average molecular weight is 1150 g/mol. The zero-order chi connectivity index (χ0) is 39.5. The van der Waals surface area contributed by atoms with Crippen molar-refractivity contribution in [2.75, 3.05) is 53.2 Å². The third-order valence-electron chi connectivity index (χ3n) is 10.4. The predicted molar refractivity (Wildman–Crippen MR) is 206 cm³/mol. The van der Waals surface area contributed by atoms with E-state index in [2.05, 4.69) is 27.7 Å². The van der Waals surface area contributed by atoms with E-state index in [1.807, 2.05) is 48.5 Å². The van der Waals surface area contributed by atoms with Gasteiger partial charge in [-0.1, -0.05) is 91.6 Å². The minimum absolute atomic E-state index is 0. The molecular weight excluding hydrogens is 1100 g/mol. The SMILES string of the molecule is CC1(C)CC2(CC(C)(C)c3ccc(OC(=O)c4ccc(OCOC[C-]5COC5)cc4)cc3O2)Oc2cc(OOCc3ccc(OCOC[C-]4COC4)cc3)ccc21.[W].[W]. The molecule has 4 aliphatic heterocycles. The number of carbonyl (C=O) groups is 1. The molecule has 0 aromatic heterocycles. The first-order chi connectivity index (χ1) is 27.5. The van der Waals surface area contributed by atoms with Gasteiger partial charge in [-0.25, -0.2) is 16.6 Å². The number of ether oxygens (including phenoxy) is 9. The fraction of sp³-hybridized carbons (Fsp3) is 0.400. The monoisotopic (exact) mass is 1150 g/mol. The Morgan fingerprint density at radius 1 is 0.627 bits per heavy atom. The van der Waals surface area contributed by atoms with Gasteiger partial charge in [0.2, 0.25) is 0 Å². The van der Waals surface area contributed by atoms with E-state index in [9.17, 15) is 4.79 Å². The second-order valence-corrected chi connectivity index (χ2v) is 16.2. The Morgan fingerprint density at radius 2 is 1.10 bits per heavy atom. The van der Waals surface area contributed by atoms with E-state index in [1.165, 1.54) is 11.8 Å². The maximum atomic E-state index is 13.2. The Labute approximate surface area is 373 Å². The molecule has 59 heavy (non-hydrogen) atoms. The van der Waals surface area contributed by atoms with Gasteiger partial charge in [0.05, 0.1) is 5.56 Å². The topological polar surface area (TPSA) is 119 Å². The normalized spacial score (nSPS) is 19.8. The molecular formula is C45H48O12W2-2. The van der Waals surface area contributed by atoms with Gasteiger partial charge in [0.15, 0.2) is 19.3 Å². The van der Waals surface area contributed by atoms with Crippen LogP contribution in [0.1, 0.15) is 67.6 Å². The molecule has 1 spiro atoms. The van der Waals surface area contributed by atoms with Crippen molar-refractivity contribution in [1.29, 1.82) is 0 Å².